The van der Waals surface area contributed by atoms with Crippen molar-refractivity contribution in [3.05, 3.63) is 0 Å². The summed E-state index contributed by atoms with van der Waals surface area (Å²) in [6.45, 7) is 2.26. The van der Waals surface area contributed by atoms with E-state index in [9.17, 15) is 0 Å². The molecule has 0 aliphatic carbocycles. The van der Waals surface area contributed by atoms with Gasteiger partial charge in [0.15, 0.2) is 0 Å². The van der Waals surface area contributed by atoms with Crippen molar-refractivity contribution in [3.63, 3.8) is 0 Å². The van der Waals surface area contributed by atoms with E-state index in [1.807, 2.05) is 0 Å². The maximum atomic E-state index is 6.87. The van der Waals surface area contributed by atoms with Crippen molar-refractivity contribution in [1.29, 1.82) is 5.41 Å². The minimum absolute atomic E-state index is 0. The third kappa shape index (κ3) is 14.8. The molecule has 0 aromatic rings. The molecule has 0 aromatic carbocycles. The normalized spacial score (nSPS) is 9.50. The smallest absolute Gasteiger partial charge is 1.00 e. The Morgan fingerprint density at radius 2 is 1.29 bits per heavy atom. The molecule has 0 unspecified atom stereocenters. The van der Waals surface area contributed by atoms with Crippen molar-refractivity contribution >= 4 is 6.21 Å². The van der Waals surface area contributed by atoms with Gasteiger partial charge in [-0.15, -0.1) is 0 Å². The van der Waals surface area contributed by atoms with Crippen molar-refractivity contribution in [2.45, 2.75) is 71.1 Å². The predicted molar refractivity (Wildman–Crippen MR) is 61.7 cm³/mol. The molecule has 0 aromatic heterocycles. The maximum absolute atomic E-state index is 6.87. The summed E-state index contributed by atoms with van der Waals surface area (Å²) in [5.41, 5.74) is 0. The topological polar surface area (TPSA) is 23.9 Å². The van der Waals surface area contributed by atoms with Crippen molar-refractivity contribution < 1.29 is 20.3 Å². The summed E-state index contributed by atoms with van der Waals surface area (Å²) in [4.78, 5) is 0. The molecule has 0 spiro atoms. The zero-order valence-corrected chi connectivity index (χ0v) is 10.1. The molecule has 2 heteroatoms. The van der Waals surface area contributed by atoms with Crippen LogP contribution in [0.25, 0.3) is 0 Å². The van der Waals surface area contributed by atoms with E-state index in [4.69, 9.17) is 5.41 Å². The molecule has 0 rings (SSSR count). The molecule has 0 radical (unpaired) electrons. The van der Waals surface area contributed by atoms with Crippen molar-refractivity contribution in [1.82, 2.24) is 0 Å². The van der Waals surface area contributed by atoms with Gasteiger partial charge < -0.3 is 6.84 Å². The SMILES string of the molecule is CCCCCCCCCCCC=N.[H-].[Li+]. The first-order valence-corrected chi connectivity index (χ1v) is 5.90. The third-order valence-corrected chi connectivity index (χ3v) is 2.45. The first-order valence-electron chi connectivity index (χ1n) is 5.90. The predicted octanol–water partition coefficient (Wildman–Crippen LogP) is 1.67. The molecule has 1 N–H and O–H groups in total. The van der Waals surface area contributed by atoms with Crippen LogP contribution in [0.5, 0.6) is 0 Å². The minimum atomic E-state index is 0. The van der Waals surface area contributed by atoms with Crippen LogP contribution in [-0.2, 0) is 0 Å². The fraction of sp³-hybridized carbons (Fsp3) is 0.917. The Morgan fingerprint density at radius 1 is 0.857 bits per heavy atom. The van der Waals surface area contributed by atoms with Gasteiger partial charge in [-0.2, -0.15) is 0 Å². The van der Waals surface area contributed by atoms with E-state index in [0.717, 1.165) is 6.42 Å². The van der Waals surface area contributed by atoms with E-state index in [1.165, 1.54) is 64.0 Å². The van der Waals surface area contributed by atoms with Crippen LogP contribution in [0.15, 0.2) is 0 Å². The Labute approximate surface area is 103 Å². The molecule has 0 saturated carbocycles. The van der Waals surface area contributed by atoms with Crippen LogP contribution in [-0.4, -0.2) is 6.21 Å². The zero-order valence-electron chi connectivity index (χ0n) is 11.1. The summed E-state index contributed by atoms with van der Waals surface area (Å²) >= 11 is 0. The molecule has 0 amide bonds. The Morgan fingerprint density at radius 3 is 1.71 bits per heavy atom. The largest absolute Gasteiger partial charge is 1.00 e. The molecule has 0 aliphatic heterocycles. The van der Waals surface area contributed by atoms with Gasteiger partial charge in [0.05, 0.1) is 0 Å². The van der Waals surface area contributed by atoms with Gasteiger partial charge in [0.25, 0.3) is 0 Å². The second kappa shape index (κ2) is 15.7. The molecule has 1 nitrogen and oxygen atoms in total. The molecule has 0 atom stereocenters. The van der Waals surface area contributed by atoms with Crippen LogP contribution < -0.4 is 18.9 Å². The van der Waals surface area contributed by atoms with Crippen LogP contribution in [0.2, 0.25) is 0 Å². The second-order valence-electron chi connectivity index (χ2n) is 3.82. The zero-order chi connectivity index (χ0) is 9.78. The summed E-state index contributed by atoms with van der Waals surface area (Å²) < 4.78 is 0. The van der Waals surface area contributed by atoms with E-state index in [0.29, 0.717) is 0 Å². The van der Waals surface area contributed by atoms with Gasteiger partial charge in [-0.05, 0) is 19.1 Å². The number of unbranched alkanes of at least 4 members (excludes halogenated alkanes) is 9. The average Bonchev–Trinajstić information content (AvgIpc) is 2.16. The first kappa shape index (κ1) is 16.7. The van der Waals surface area contributed by atoms with Gasteiger partial charge in [-0.3, -0.25) is 0 Å². The van der Waals surface area contributed by atoms with Gasteiger partial charge in [-0.25, -0.2) is 0 Å². The fourth-order valence-electron chi connectivity index (χ4n) is 1.56. The van der Waals surface area contributed by atoms with E-state index in [2.05, 4.69) is 6.92 Å². The van der Waals surface area contributed by atoms with Crippen molar-refractivity contribution in [2.75, 3.05) is 0 Å². The average molecular weight is 191 g/mol. The van der Waals surface area contributed by atoms with Crippen LogP contribution in [0.3, 0.4) is 0 Å². The molecule has 0 fully saturated rings. The summed E-state index contributed by atoms with van der Waals surface area (Å²) in [6.07, 6.45) is 14.9. The van der Waals surface area contributed by atoms with E-state index in [1.54, 1.807) is 0 Å². The molecule has 0 saturated heterocycles. The van der Waals surface area contributed by atoms with Crippen molar-refractivity contribution in [3.8, 4) is 0 Å². The summed E-state index contributed by atoms with van der Waals surface area (Å²) in [5, 5.41) is 6.87. The minimum Gasteiger partial charge on any atom is -1.00 e. The monoisotopic (exact) mass is 191 g/mol. The molecular formula is C12H26LiN. The van der Waals surface area contributed by atoms with E-state index in [-0.39, 0.29) is 20.3 Å². The standard InChI is InChI=1S/C12H25N.Li.H/c1-2-3-4-5-6-7-8-9-10-11-12-13;;/h12-13H,2-11H2,1H3;;/q;+1;-1. The Balaban J connectivity index is -0.000000720. The third-order valence-electron chi connectivity index (χ3n) is 2.45. The van der Waals surface area contributed by atoms with Gasteiger partial charge in [-0.1, -0.05) is 58.3 Å². The van der Waals surface area contributed by atoms with Crippen LogP contribution >= 0.6 is 0 Å². The van der Waals surface area contributed by atoms with Crippen LogP contribution in [0.4, 0.5) is 0 Å². The van der Waals surface area contributed by atoms with Crippen LogP contribution in [0, 0.1) is 5.41 Å². The second-order valence-corrected chi connectivity index (χ2v) is 3.82. The number of hydrogen-bond donors (Lipinski definition) is 1. The number of hydrogen-bond acceptors (Lipinski definition) is 1. The quantitative estimate of drug-likeness (QED) is 0.308. The van der Waals surface area contributed by atoms with Crippen LogP contribution in [0.1, 0.15) is 72.6 Å². The first-order chi connectivity index (χ1) is 6.41. The molecule has 80 valence electrons. The number of rotatable bonds is 10. The van der Waals surface area contributed by atoms with Crippen molar-refractivity contribution in [2.24, 2.45) is 0 Å². The van der Waals surface area contributed by atoms with Gasteiger partial charge in [0.1, 0.15) is 0 Å². The number of nitrogens with one attached hydrogen (secondary N) is 1. The summed E-state index contributed by atoms with van der Waals surface area (Å²) in [6, 6.07) is 0. The van der Waals surface area contributed by atoms with E-state index >= 15 is 0 Å². The maximum Gasteiger partial charge on any atom is 1.00 e. The summed E-state index contributed by atoms with van der Waals surface area (Å²) in [7, 11) is 0. The molecule has 14 heavy (non-hydrogen) atoms. The van der Waals surface area contributed by atoms with Gasteiger partial charge in [0, 0.05) is 0 Å². The fourth-order valence-corrected chi connectivity index (χ4v) is 1.56. The Bertz CT molecular complexity index is 110. The van der Waals surface area contributed by atoms with Gasteiger partial charge >= 0.3 is 18.9 Å². The molecule has 0 aliphatic rings. The van der Waals surface area contributed by atoms with Gasteiger partial charge in [0.2, 0.25) is 0 Å². The Hall–Kier alpha value is 0.267. The van der Waals surface area contributed by atoms with E-state index < -0.39 is 0 Å². The molecular weight excluding hydrogens is 165 g/mol. The summed E-state index contributed by atoms with van der Waals surface area (Å²) in [5.74, 6) is 0. The molecule has 0 heterocycles. The molecule has 0 bridgehead atoms. The Kier molecular flexibility index (Phi) is 18.7.